The van der Waals surface area contributed by atoms with Crippen LogP contribution < -0.4 is 0 Å². The quantitative estimate of drug-likeness (QED) is 0.777. The molecule has 1 aromatic rings. The number of methoxy groups -OCH3 is 1. The lowest BCUT2D eigenvalue weighted by Crippen LogP contribution is -2.11. The van der Waals surface area contributed by atoms with E-state index in [0.717, 1.165) is 5.56 Å². The van der Waals surface area contributed by atoms with Gasteiger partial charge in [-0.2, -0.15) is 0 Å². The summed E-state index contributed by atoms with van der Waals surface area (Å²) in [6, 6.07) is 6.57. The number of aromatic hydroxyl groups is 1. The number of benzene rings is 1. The van der Waals surface area contributed by atoms with E-state index in [9.17, 15) is 4.79 Å². The third-order valence-electron chi connectivity index (χ3n) is 2.21. The van der Waals surface area contributed by atoms with Gasteiger partial charge in [0.05, 0.1) is 19.1 Å². The van der Waals surface area contributed by atoms with E-state index < -0.39 is 0 Å². The van der Waals surface area contributed by atoms with Gasteiger partial charge in [-0.1, -0.05) is 12.1 Å². The van der Waals surface area contributed by atoms with Crippen LogP contribution in [-0.2, 0) is 14.3 Å². The molecular formula is C12H16O4. The maximum absolute atomic E-state index is 11.3. The van der Waals surface area contributed by atoms with Crippen LogP contribution in [0.2, 0.25) is 0 Å². The Morgan fingerprint density at radius 3 is 2.50 bits per heavy atom. The summed E-state index contributed by atoms with van der Waals surface area (Å²) in [6.45, 7) is 2.13. The van der Waals surface area contributed by atoms with Crippen molar-refractivity contribution in [2.75, 3.05) is 13.7 Å². The van der Waals surface area contributed by atoms with Gasteiger partial charge in [0.25, 0.3) is 0 Å². The van der Waals surface area contributed by atoms with Crippen LogP contribution in [0.25, 0.3) is 0 Å². The van der Waals surface area contributed by atoms with Crippen LogP contribution in [0, 0.1) is 0 Å². The Bertz CT molecular complexity index is 331. The van der Waals surface area contributed by atoms with Crippen molar-refractivity contribution in [2.45, 2.75) is 19.4 Å². The Morgan fingerprint density at radius 2 is 2.00 bits per heavy atom. The molecule has 0 spiro atoms. The molecule has 1 N–H and O–H groups in total. The lowest BCUT2D eigenvalue weighted by molar-refractivity contribution is -0.146. The SMILES string of the molecule is CCOC(=O)CC(OC)c1ccc(O)cc1. The fourth-order valence-electron chi connectivity index (χ4n) is 1.40. The average molecular weight is 224 g/mol. The number of carbonyl (C=O) groups is 1. The maximum Gasteiger partial charge on any atom is 0.308 e. The topological polar surface area (TPSA) is 55.8 Å². The van der Waals surface area contributed by atoms with Crippen LogP contribution in [-0.4, -0.2) is 24.8 Å². The number of phenols is 1. The van der Waals surface area contributed by atoms with Crippen LogP contribution in [0.4, 0.5) is 0 Å². The molecule has 0 saturated carbocycles. The predicted octanol–water partition coefficient (Wildman–Crippen LogP) is 2.03. The second-order valence-corrected chi connectivity index (χ2v) is 3.33. The second kappa shape index (κ2) is 6.12. The number of rotatable bonds is 5. The first-order chi connectivity index (χ1) is 7.67. The summed E-state index contributed by atoms with van der Waals surface area (Å²) in [7, 11) is 1.54. The molecule has 0 aromatic heterocycles. The molecule has 0 fully saturated rings. The summed E-state index contributed by atoms with van der Waals surface area (Å²) in [6.07, 6.45) is -0.158. The van der Waals surface area contributed by atoms with Crippen molar-refractivity contribution in [2.24, 2.45) is 0 Å². The van der Waals surface area contributed by atoms with Crippen LogP contribution >= 0.6 is 0 Å². The summed E-state index contributed by atoms with van der Waals surface area (Å²) in [5.74, 6) is -0.0998. The molecule has 1 rings (SSSR count). The lowest BCUT2D eigenvalue weighted by atomic mass is 10.1. The minimum absolute atomic E-state index is 0.176. The number of hydrogen-bond donors (Lipinski definition) is 1. The third-order valence-corrected chi connectivity index (χ3v) is 2.21. The number of phenolic OH excluding ortho intramolecular Hbond substituents is 1. The van der Waals surface area contributed by atoms with E-state index in [1.54, 1.807) is 31.2 Å². The molecule has 0 saturated heterocycles. The molecule has 0 bridgehead atoms. The van der Waals surface area contributed by atoms with Gasteiger partial charge in [0, 0.05) is 7.11 Å². The minimum atomic E-state index is -0.334. The van der Waals surface area contributed by atoms with E-state index in [4.69, 9.17) is 14.6 Å². The Kier molecular flexibility index (Phi) is 4.79. The van der Waals surface area contributed by atoms with E-state index in [2.05, 4.69) is 0 Å². The Hall–Kier alpha value is -1.55. The normalized spacial score (nSPS) is 12.1. The smallest absolute Gasteiger partial charge is 0.308 e. The van der Waals surface area contributed by atoms with Crippen molar-refractivity contribution < 1.29 is 19.4 Å². The average Bonchev–Trinajstić information content (AvgIpc) is 2.27. The molecule has 16 heavy (non-hydrogen) atoms. The molecule has 0 heterocycles. The van der Waals surface area contributed by atoms with Crippen molar-refractivity contribution in [3.63, 3.8) is 0 Å². The number of hydrogen-bond acceptors (Lipinski definition) is 4. The first-order valence-corrected chi connectivity index (χ1v) is 5.14. The monoisotopic (exact) mass is 224 g/mol. The van der Waals surface area contributed by atoms with E-state index in [0.29, 0.717) is 6.61 Å². The molecule has 0 radical (unpaired) electrons. The van der Waals surface area contributed by atoms with Crippen LogP contribution in [0.1, 0.15) is 25.0 Å². The standard InChI is InChI=1S/C12H16O4/c1-3-16-12(14)8-11(15-2)9-4-6-10(13)7-5-9/h4-7,11,13H,3,8H2,1-2H3. The summed E-state index contributed by atoms with van der Waals surface area (Å²) in [5.41, 5.74) is 0.841. The second-order valence-electron chi connectivity index (χ2n) is 3.33. The summed E-state index contributed by atoms with van der Waals surface area (Å²) in [4.78, 5) is 11.3. The van der Waals surface area contributed by atoms with Gasteiger partial charge in [0.15, 0.2) is 0 Å². The number of esters is 1. The van der Waals surface area contributed by atoms with Gasteiger partial charge in [0.1, 0.15) is 5.75 Å². The molecule has 0 aliphatic rings. The highest BCUT2D eigenvalue weighted by Crippen LogP contribution is 2.22. The number of ether oxygens (including phenoxy) is 2. The summed E-state index contributed by atoms with van der Waals surface area (Å²) in [5, 5.41) is 9.14. The zero-order chi connectivity index (χ0) is 12.0. The summed E-state index contributed by atoms with van der Waals surface area (Å²) >= 11 is 0. The summed E-state index contributed by atoms with van der Waals surface area (Å²) < 4.78 is 10.1. The molecule has 88 valence electrons. The van der Waals surface area contributed by atoms with Crippen molar-refractivity contribution >= 4 is 5.97 Å². The van der Waals surface area contributed by atoms with Crippen LogP contribution in [0.3, 0.4) is 0 Å². The maximum atomic E-state index is 11.3. The number of carbonyl (C=O) groups excluding carboxylic acids is 1. The zero-order valence-electron chi connectivity index (χ0n) is 9.47. The minimum Gasteiger partial charge on any atom is -0.508 e. The highest BCUT2D eigenvalue weighted by molar-refractivity contribution is 5.70. The van der Waals surface area contributed by atoms with Crippen LogP contribution in [0.15, 0.2) is 24.3 Å². The van der Waals surface area contributed by atoms with E-state index in [-0.39, 0.29) is 24.2 Å². The highest BCUT2D eigenvalue weighted by atomic mass is 16.5. The Labute approximate surface area is 94.8 Å². The molecule has 1 atom stereocenters. The molecule has 0 aliphatic heterocycles. The zero-order valence-corrected chi connectivity index (χ0v) is 9.47. The van der Waals surface area contributed by atoms with E-state index in [1.165, 1.54) is 7.11 Å². The van der Waals surface area contributed by atoms with Crippen molar-refractivity contribution in [3.05, 3.63) is 29.8 Å². The molecule has 4 nitrogen and oxygen atoms in total. The fraction of sp³-hybridized carbons (Fsp3) is 0.417. The Balaban J connectivity index is 2.67. The fourth-order valence-corrected chi connectivity index (χ4v) is 1.40. The van der Waals surface area contributed by atoms with Gasteiger partial charge in [-0.3, -0.25) is 4.79 Å². The molecule has 1 aromatic carbocycles. The molecular weight excluding hydrogens is 208 g/mol. The van der Waals surface area contributed by atoms with Gasteiger partial charge < -0.3 is 14.6 Å². The van der Waals surface area contributed by atoms with Gasteiger partial charge in [-0.05, 0) is 24.6 Å². The largest absolute Gasteiger partial charge is 0.508 e. The van der Waals surface area contributed by atoms with Gasteiger partial charge >= 0.3 is 5.97 Å². The molecule has 1 unspecified atom stereocenters. The first kappa shape index (κ1) is 12.5. The van der Waals surface area contributed by atoms with E-state index in [1.807, 2.05) is 0 Å². The van der Waals surface area contributed by atoms with Gasteiger partial charge in [-0.25, -0.2) is 0 Å². The van der Waals surface area contributed by atoms with Crippen molar-refractivity contribution in [3.8, 4) is 5.75 Å². The van der Waals surface area contributed by atoms with Crippen molar-refractivity contribution in [1.82, 2.24) is 0 Å². The lowest BCUT2D eigenvalue weighted by Gasteiger charge is -2.14. The van der Waals surface area contributed by atoms with Crippen LogP contribution in [0.5, 0.6) is 5.75 Å². The van der Waals surface area contributed by atoms with Gasteiger partial charge in [0.2, 0.25) is 0 Å². The predicted molar refractivity (Wildman–Crippen MR) is 59.1 cm³/mol. The molecule has 0 aliphatic carbocycles. The van der Waals surface area contributed by atoms with Gasteiger partial charge in [-0.15, -0.1) is 0 Å². The third kappa shape index (κ3) is 3.55. The van der Waals surface area contributed by atoms with Crippen molar-refractivity contribution in [1.29, 1.82) is 0 Å². The van der Waals surface area contributed by atoms with E-state index >= 15 is 0 Å². The molecule has 0 amide bonds. The first-order valence-electron chi connectivity index (χ1n) is 5.14. The molecule has 4 heteroatoms. The Morgan fingerprint density at radius 1 is 1.38 bits per heavy atom. The highest BCUT2D eigenvalue weighted by Gasteiger charge is 2.15.